The summed E-state index contributed by atoms with van der Waals surface area (Å²) in [7, 11) is 0. The van der Waals surface area contributed by atoms with E-state index in [1.807, 2.05) is 31.2 Å². The maximum Gasteiger partial charge on any atom is 0.315 e. The Balaban J connectivity index is 2.40. The number of benzene rings is 1. The maximum atomic E-state index is 11.1. The van der Waals surface area contributed by atoms with Gasteiger partial charge in [-0.15, -0.1) is 0 Å². The molecule has 3 nitrogen and oxygen atoms in total. The van der Waals surface area contributed by atoms with Crippen LogP contribution in [0.5, 0.6) is 0 Å². The molecular weight excluding hydrogens is 244 g/mol. The zero-order valence-corrected chi connectivity index (χ0v) is 9.39. The lowest BCUT2D eigenvalue weighted by Crippen LogP contribution is -2.37. The summed E-state index contributed by atoms with van der Waals surface area (Å²) < 4.78 is 1.02. The number of hydrogen-bond donors (Lipinski definition) is 2. The van der Waals surface area contributed by atoms with Gasteiger partial charge in [0.15, 0.2) is 0 Å². The van der Waals surface area contributed by atoms with Crippen LogP contribution in [0.4, 0.5) is 4.79 Å². The Labute approximate surface area is 91.0 Å². The molecule has 0 aromatic heterocycles. The van der Waals surface area contributed by atoms with Gasteiger partial charge in [-0.25, -0.2) is 4.79 Å². The molecule has 1 atom stereocenters. The SMILES string of the molecule is CC1(c2ccccc2Br)CNC(=O)N1. The Hall–Kier alpha value is -1.03. The van der Waals surface area contributed by atoms with Crippen LogP contribution in [0.2, 0.25) is 0 Å². The fourth-order valence-electron chi connectivity index (χ4n) is 1.67. The molecule has 1 aromatic rings. The first-order valence-corrected chi connectivity index (χ1v) is 5.22. The highest BCUT2D eigenvalue weighted by Crippen LogP contribution is 2.29. The van der Waals surface area contributed by atoms with Gasteiger partial charge >= 0.3 is 6.03 Å². The number of carbonyl (C=O) groups is 1. The molecule has 1 heterocycles. The summed E-state index contributed by atoms with van der Waals surface area (Å²) in [5, 5.41) is 5.67. The molecule has 74 valence electrons. The first kappa shape index (κ1) is 9.52. The zero-order valence-electron chi connectivity index (χ0n) is 7.80. The van der Waals surface area contributed by atoms with Crippen LogP contribution in [0.25, 0.3) is 0 Å². The highest BCUT2D eigenvalue weighted by Gasteiger charge is 2.35. The number of amides is 2. The number of halogens is 1. The Morgan fingerprint density at radius 3 is 2.71 bits per heavy atom. The van der Waals surface area contributed by atoms with Gasteiger partial charge in [0.25, 0.3) is 0 Å². The summed E-state index contributed by atoms with van der Waals surface area (Å²) in [4.78, 5) is 11.1. The highest BCUT2D eigenvalue weighted by atomic mass is 79.9. The van der Waals surface area contributed by atoms with Gasteiger partial charge in [0, 0.05) is 11.0 Å². The number of rotatable bonds is 1. The highest BCUT2D eigenvalue weighted by molar-refractivity contribution is 9.10. The second-order valence-corrected chi connectivity index (χ2v) is 4.47. The standard InChI is InChI=1S/C10H11BrN2O/c1-10(6-12-9(14)13-10)7-4-2-3-5-8(7)11/h2-5H,6H2,1H3,(H2,12,13,14). The molecule has 1 saturated heterocycles. The topological polar surface area (TPSA) is 41.1 Å². The van der Waals surface area contributed by atoms with Crippen LogP contribution in [0.1, 0.15) is 12.5 Å². The first-order valence-electron chi connectivity index (χ1n) is 4.43. The maximum absolute atomic E-state index is 11.1. The summed E-state index contributed by atoms with van der Waals surface area (Å²) in [6.07, 6.45) is 0. The normalized spacial score (nSPS) is 25.7. The molecule has 1 unspecified atom stereocenters. The molecule has 0 aliphatic carbocycles. The Morgan fingerprint density at radius 1 is 1.43 bits per heavy atom. The van der Waals surface area contributed by atoms with Crippen LogP contribution in [-0.2, 0) is 5.54 Å². The summed E-state index contributed by atoms with van der Waals surface area (Å²) in [5.74, 6) is 0. The molecule has 0 saturated carbocycles. The van der Waals surface area contributed by atoms with E-state index in [2.05, 4.69) is 26.6 Å². The van der Waals surface area contributed by atoms with Crippen molar-refractivity contribution < 1.29 is 4.79 Å². The molecule has 1 aliphatic heterocycles. The molecule has 4 heteroatoms. The number of hydrogen-bond acceptors (Lipinski definition) is 1. The van der Waals surface area contributed by atoms with E-state index in [0.717, 1.165) is 10.0 Å². The van der Waals surface area contributed by atoms with Crippen LogP contribution < -0.4 is 10.6 Å². The number of carbonyl (C=O) groups excluding carboxylic acids is 1. The van der Waals surface area contributed by atoms with Crippen molar-refractivity contribution in [2.45, 2.75) is 12.5 Å². The van der Waals surface area contributed by atoms with E-state index >= 15 is 0 Å². The molecule has 1 fully saturated rings. The first-order chi connectivity index (χ1) is 6.62. The minimum Gasteiger partial charge on any atom is -0.335 e. The van der Waals surface area contributed by atoms with Gasteiger partial charge in [-0.3, -0.25) is 0 Å². The second-order valence-electron chi connectivity index (χ2n) is 3.62. The van der Waals surface area contributed by atoms with Gasteiger partial charge in [0.2, 0.25) is 0 Å². The predicted molar refractivity (Wildman–Crippen MR) is 58.0 cm³/mol. The summed E-state index contributed by atoms with van der Waals surface area (Å²) in [6.45, 7) is 2.62. The predicted octanol–water partition coefficient (Wildman–Crippen LogP) is 1.98. The molecule has 14 heavy (non-hydrogen) atoms. The van der Waals surface area contributed by atoms with Crippen molar-refractivity contribution in [1.29, 1.82) is 0 Å². The minimum absolute atomic E-state index is 0.108. The van der Waals surface area contributed by atoms with E-state index in [1.54, 1.807) is 0 Å². The van der Waals surface area contributed by atoms with Crippen molar-refractivity contribution >= 4 is 22.0 Å². The molecule has 2 rings (SSSR count). The second kappa shape index (κ2) is 3.28. The largest absolute Gasteiger partial charge is 0.335 e. The fourth-order valence-corrected chi connectivity index (χ4v) is 2.39. The van der Waals surface area contributed by atoms with Crippen LogP contribution in [0.15, 0.2) is 28.7 Å². The van der Waals surface area contributed by atoms with Gasteiger partial charge in [0.1, 0.15) is 0 Å². The monoisotopic (exact) mass is 254 g/mol. The van der Waals surface area contributed by atoms with E-state index < -0.39 is 0 Å². The average molecular weight is 255 g/mol. The zero-order chi connectivity index (χ0) is 10.2. The lowest BCUT2D eigenvalue weighted by atomic mass is 9.93. The lowest BCUT2D eigenvalue weighted by Gasteiger charge is -2.24. The minimum atomic E-state index is -0.308. The molecule has 0 radical (unpaired) electrons. The van der Waals surface area contributed by atoms with Crippen molar-refractivity contribution in [3.8, 4) is 0 Å². The average Bonchev–Trinajstić information content (AvgIpc) is 2.48. The van der Waals surface area contributed by atoms with Crippen LogP contribution in [0.3, 0.4) is 0 Å². The third-order valence-corrected chi connectivity index (χ3v) is 3.15. The Kier molecular flexibility index (Phi) is 2.23. The summed E-state index contributed by atoms with van der Waals surface area (Å²) in [5.41, 5.74) is 0.787. The van der Waals surface area contributed by atoms with Crippen LogP contribution >= 0.6 is 15.9 Å². The summed E-state index contributed by atoms with van der Waals surface area (Å²) in [6, 6.07) is 7.81. The third kappa shape index (κ3) is 1.50. The van der Waals surface area contributed by atoms with Gasteiger partial charge in [0.05, 0.1) is 5.54 Å². The third-order valence-electron chi connectivity index (χ3n) is 2.46. The molecule has 1 aromatic carbocycles. The molecule has 1 aliphatic rings. The van der Waals surface area contributed by atoms with Crippen molar-refractivity contribution in [2.75, 3.05) is 6.54 Å². The van der Waals surface area contributed by atoms with E-state index in [1.165, 1.54) is 0 Å². The number of urea groups is 1. The van der Waals surface area contributed by atoms with Gasteiger partial charge < -0.3 is 10.6 Å². The van der Waals surface area contributed by atoms with Crippen molar-refractivity contribution in [1.82, 2.24) is 10.6 Å². The van der Waals surface area contributed by atoms with Crippen LogP contribution in [-0.4, -0.2) is 12.6 Å². The molecule has 2 N–H and O–H groups in total. The molecule has 0 bridgehead atoms. The number of nitrogens with one attached hydrogen (secondary N) is 2. The Bertz CT molecular complexity index is 380. The van der Waals surface area contributed by atoms with Crippen molar-refractivity contribution in [2.24, 2.45) is 0 Å². The summed E-state index contributed by atoms with van der Waals surface area (Å²) >= 11 is 3.48. The molecular formula is C10H11BrN2O. The quantitative estimate of drug-likeness (QED) is 0.791. The van der Waals surface area contributed by atoms with E-state index in [9.17, 15) is 4.79 Å². The van der Waals surface area contributed by atoms with Gasteiger partial charge in [-0.05, 0) is 18.6 Å². The van der Waals surface area contributed by atoms with Crippen LogP contribution in [0, 0.1) is 0 Å². The van der Waals surface area contributed by atoms with Gasteiger partial charge in [-0.1, -0.05) is 34.1 Å². The van der Waals surface area contributed by atoms with Gasteiger partial charge in [-0.2, -0.15) is 0 Å². The fraction of sp³-hybridized carbons (Fsp3) is 0.300. The lowest BCUT2D eigenvalue weighted by molar-refractivity contribution is 0.245. The van der Waals surface area contributed by atoms with E-state index in [0.29, 0.717) is 6.54 Å². The molecule has 0 spiro atoms. The van der Waals surface area contributed by atoms with E-state index in [4.69, 9.17) is 0 Å². The Morgan fingerprint density at radius 2 is 2.14 bits per heavy atom. The van der Waals surface area contributed by atoms with Crippen molar-refractivity contribution in [3.63, 3.8) is 0 Å². The van der Waals surface area contributed by atoms with E-state index in [-0.39, 0.29) is 11.6 Å². The smallest absolute Gasteiger partial charge is 0.315 e. The van der Waals surface area contributed by atoms with Crippen molar-refractivity contribution in [3.05, 3.63) is 34.3 Å². The molecule has 2 amide bonds.